The van der Waals surface area contributed by atoms with E-state index in [0.29, 0.717) is 11.8 Å². The molecule has 2 aromatic rings. The SMILES string of the molecule is Cc1ccc(CCc2nnc(CCl)n2CC(C)C)cc1. The molecular formula is C16H22ClN3. The first-order valence-corrected chi connectivity index (χ1v) is 7.66. The molecule has 1 aromatic heterocycles. The van der Waals surface area contributed by atoms with Crippen molar-refractivity contribution in [1.29, 1.82) is 0 Å². The maximum Gasteiger partial charge on any atom is 0.147 e. The van der Waals surface area contributed by atoms with E-state index in [0.717, 1.165) is 31.0 Å². The van der Waals surface area contributed by atoms with Gasteiger partial charge in [0, 0.05) is 13.0 Å². The molecule has 1 aromatic carbocycles. The summed E-state index contributed by atoms with van der Waals surface area (Å²) in [5, 5.41) is 8.50. The average Bonchev–Trinajstić information content (AvgIpc) is 2.79. The first-order chi connectivity index (χ1) is 9.60. The van der Waals surface area contributed by atoms with Gasteiger partial charge in [-0.3, -0.25) is 0 Å². The molecule has 0 aliphatic carbocycles. The Kier molecular flexibility index (Phi) is 5.18. The molecule has 20 heavy (non-hydrogen) atoms. The molecule has 0 saturated carbocycles. The lowest BCUT2D eigenvalue weighted by Gasteiger charge is -2.11. The third-order valence-electron chi connectivity index (χ3n) is 3.33. The summed E-state index contributed by atoms with van der Waals surface area (Å²) in [4.78, 5) is 0. The van der Waals surface area contributed by atoms with E-state index in [1.165, 1.54) is 11.1 Å². The van der Waals surface area contributed by atoms with Crippen molar-refractivity contribution < 1.29 is 0 Å². The number of halogens is 1. The van der Waals surface area contributed by atoms with E-state index in [9.17, 15) is 0 Å². The number of hydrogen-bond acceptors (Lipinski definition) is 2. The van der Waals surface area contributed by atoms with Crippen LogP contribution in [0.4, 0.5) is 0 Å². The highest BCUT2D eigenvalue weighted by Crippen LogP contribution is 2.12. The number of nitrogens with zero attached hydrogens (tertiary/aromatic N) is 3. The van der Waals surface area contributed by atoms with Gasteiger partial charge < -0.3 is 4.57 Å². The van der Waals surface area contributed by atoms with Crippen molar-refractivity contribution in [1.82, 2.24) is 14.8 Å². The van der Waals surface area contributed by atoms with Crippen LogP contribution in [0.1, 0.15) is 36.6 Å². The molecule has 0 spiro atoms. The summed E-state index contributed by atoms with van der Waals surface area (Å²) >= 11 is 5.94. The van der Waals surface area contributed by atoms with Crippen LogP contribution in [0.25, 0.3) is 0 Å². The highest BCUT2D eigenvalue weighted by molar-refractivity contribution is 6.16. The molecule has 0 fully saturated rings. The Morgan fingerprint density at radius 3 is 2.30 bits per heavy atom. The summed E-state index contributed by atoms with van der Waals surface area (Å²) < 4.78 is 2.17. The van der Waals surface area contributed by atoms with Gasteiger partial charge in [-0.25, -0.2) is 0 Å². The molecule has 0 aliphatic heterocycles. The maximum absolute atomic E-state index is 5.94. The van der Waals surface area contributed by atoms with Gasteiger partial charge in [0.25, 0.3) is 0 Å². The van der Waals surface area contributed by atoms with Gasteiger partial charge >= 0.3 is 0 Å². The summed E-state index contributed by atoms with van der Waals surface area (Å²) in [5.41, 5.74) is 2.63. The zero-order valence-electron chi connectivity index (χ0n) is 12.4. The van der Waals surface area contributed by atoms with E-state index < -0.39 is 0 Å². The van der Waals surface area contributed by atoms with Crippen LogP contribution in [0.15, 0.2) is 24.3 Å². The lowest BCUT2D eigenvalue weighted by molar-refractivity contribution is 0.496. The molecule has 2 rings (SSSR count). The Labute approximate surface area is 126 Å². The number of rotatable bonds is 6. The van der Waals surface area contributed by atoms with E-state index in [1.54, 1.807) is 0 Å². The van der Waals surface area contributed by atoms with Crippen LogP contribution in [0, 0.1) is 12.8 Å². The van der Waals surface area contributed by atoms with Crippen molar-refractivity contribution in [2.75, 3.05) is 0 Å². The third kappa shape index (κ3) is 3.83. The Bertz CT molecular complexity index is 543. The van der Waals surface area contributed by atoms with Crippen LogP contribution in [0.5, 0.6) is 0 Å². The lowest BCUT2D eigenvalue weighted by Crippen LogP contribution is -2.12. The van der Waals surface area contributed by atoms with Crippen LogP contribution in [-0.4, -0.2) is 14.8 Å². The highest BCUT2D eigenvalue weighted by Gasteiger charge is 2.12. The smallest absolute Gasteiger partial charge is 0.147 e. The van der Waals surface area contributed by atoms with Crippen LogP contribution < -0.4 is 0 Å². The van der Waals surface area contributed by atoms with Crippen molar-refractivity contribution >= 4 is 11.6 Å². The molecular weight excluding hydrogens is 270 g/mol. The molecule has 3 nitrogen and oxygen atoms in total. The van der Waals surface area contributed by atoms with Gasteiger partial charge in [-0.2, -0.15) is 0 Å². The minimum Gasteiger partial charge on any atom is -0.314 e. The van der Waals surface area contributed by atoms with Crippen LogP contribution in [-0.2, 0) is 25.3 Å². The summed E-state index contributed by atoms with van der Waals surface area (Å²) in [6, 6.07) is 8.67. The molecule has 1 heterocycles. The van der Waals surface area contributed by atoms with Crippen molar-refractivity contribution in [2.24, 2.45) is 5.92 Å². The largest absolute Gasteiger partial charge is 0.314 e. The second kappa shape index (κ2) is 6.89. The van der Waals surface area contributed by atoms with Crippen molar-refractivity contribution in [3.05, 3.63) is 47.0 Å². The minimum absolute atomic E-state index is 0.421. The molecule has 0 amide bonds. The standard InChI is InChI=1S/C16H22ClN3/c1-12(2)11-20-15(18-19-16(20)10-17)9-8-14-6-4-13(3)5-7-14/h4-7,12H,8-11H2,1-3H3. The fraction of sp³-hybridized carbons (Fsp3) is 0.500. The number of aromatic nitrogens is 3. The van der Waals surface area contributed by atoms with E-state index >= 15 is 0 Å². The van der Waals surface area contributed by atoms with E-state index in [4.69, 9.17) is 11.6 Å². The fourth-order valence-corrected chi connectivity index (χ4v) is 2.44. The summed E-state index contributed by atoms with van der Waals surface area (Å²) in [6.45, 7) is 7.43. The summed E-state index contributed by atoms with van der Waals surface area (Å²) in [7, 11) is 0. The van der Waals surface area contributed by atoms with Gasteiger partial charge in [0.15, 0.2) is 0 Å². The Hall–Kier alpha value is -1.35. The molecule has 0 atom stereocenters. The highest BCUT2D eigenvalue weighted by atomic mass is 35.5. The fourth-order valence-electron chi connectivity index (χ4n) is 2.24. The molecule has 0 aliphatic rings. The first kappa shape index (κ1) is 15.0. The lowest BCUT2D eigenvalue weighted by atomic mass is 10.1. The number of aryl methyl sites for hydroxylation is 3. The molecule has 108 valence electrons. The zero-order valence-corrected chi connectivity index (χ0v) is 13.2. The summed E-state index contributed by atoms with van der Waals surface area (Å²) in [6.07, 6.45) is 1.89. The van der Waals surface area contributed by atoms with Crippen LogP contribution >= 0.6 is 11.6 Å². The van der Waals surface area contributed by atoms with E-state index in [1.807, 2.05) is 0 Å². The zero-order chi connectivity index (χ0) is 14.5. The van der Waals surface area contributed by atoms with Gasteiger partial charge in [-0.15, -0.1) is 21.8 Å². The molecule has 0 radical (unpaired) electrons. The van der Waals surface area contributed by atoms with Crippen LogP contribution in [0.3, 0.4) is 0 Å². The van der Waals surface area contributed by atoms with Gasteiger partial charge in [-0.1, -0.05) is 43.7 Å². The van der Waals surface area contributed by atoms with E-state index in [-0.39, 0.29) is 0 Å². The van der Waals surface area contributed by atoms with Crippen molar-refractivity contribution in [3.8, 4) is 0 Å². The van der Waals surface area contributed by atoms with Crippen LogP contribution in [0.2, 0.25) is 0 Å². The normalized spacial score (nSPS) is 11.2. The second-order valence-electron chi connectivity index (χ2n) is 5.66. The molecule has 0 bridgehead atoms. The average molecular weight is 292 g/mol. The first-order valence-electron chi connectivity index (χ1n) is 7.12. The van der Waals surface area contributed by atoms with Crippen molar-refractivity contribution in [3.63, 3.8) is 0 Å². The van der Waals surface area contributed by atoms with Gasteiger partial charge in [0.1, 0.15) is 11.6 Å². The maximum atomic E-state index is 5.94. The predicted octanol–water partition coefficient (Wildman–Crippen LogP) is 3.77. The molecule has 0 N–H and O–H groups in total. The quantitative estimate of drug-likeness (QED) is 0.759. The number of alkyl halides is 1. The van der Waals surface area contributed by atoms with Gasteiger partial charge in [-0.05, 0) is 24.8 Å². The van der Waals surface area contributed by atoms with Gasteiger partial charge in [0.05, 0.1) is 5.88 Å². The molecule has 4 heteroatoms. The number of hydrogen-bond donors (Lipinski definition) is 0. The Morgan fingerprint density at radius 1 is 1.05 bits per heavy atom. The number of benzene rings is 1. The Morgan fingerprint density at radius 2 is 1.70 bits per heavy atom. The molecule has 0 saturated heterocycles. The van der Waals surface area contributed by atoms with E-state index in [2.05, 4.69) is 59.8 Å². The minimum atomic E-state index is 0.421. The third-order valence-corrected chi connectivity index (χ3v) is 3.57. The second-order valence-corrected chi connectivity index (χ2v) is 5.92. The Balaban J connectivity index is 2.08. The van der Waals surface area contributed by atoms with Gasteiger partial charge in [0.2, 0.25) is 0 Å². The topological polar surface area (TPSA) is 30.7 Å². The predicted molar refractivity (Wildman–Crippen MR) is 83.0 cm³/mol. The monoisotopic (exact) mass is 291 g/mol. The molecule has 0 unspecified atom stereocenters. The summed E-state index contributed by atoms with van der Waals surface area (Å²) in [5.74, 6) is 2.89. The van der Waals surface area contributed by atoms with Crippen molar-refractivity contribution in [2.45, 2.75) is 46.0 Å².